The summed E-state index contributed by atoms with van der Waals surface area (Å²) in [5.74, 6) is 3.24. The van der Waals surface area contributed by atoms with Crippen LogP contribution in [0.15, 0.2) is 35.5 Å². The second-order valence-corrected chi connectivity index (χ2v) is 11.2. The van der Waals surface area contributed by atoms with Gasteiger partial charge in [-0.1, -0.05) is 52.3 Å². The van der Waals surface area contributed by atoms with E-state index in [0.29, 0.717) is 41.4 Å². The molecule has 4 aliphatic carbocycles. The lowest BCUT2D eigenvalue weighted by Crippen LogP contribution is -2.48. The smallest absolute Gasteiger partial charge is 0.182 e. The highest BCUT2D eigenvalue weighted by molar-refractivity contribution is 6.11. The van der Waals surface area contributed by atoms with Crippen LogP contribution in [0.5, 0.6) is 0 Å². The molecule has 158 valence electrons. The van der Waals surface area contributed by atoms with Gasteiger partial charge in [-0.3, -0.25) is 9.59 Å². The van der Waals surface area contributed by atoms with Gasteiger partial charge in [0, 0.05) is 17.4 Å². The van der Waals surface area contributed by atoms with Crippen molar-refractivity contribution >= 4 is 11.6 Å². The molecule has 0 heterocycles. The van der Waals surface area contributed by atoms with Gasteiger partial charge in [0.1, 0.15) is 0 Å². The van der Waals surface area contributed by atoms with E-state index in [-0.39, 0.29) is 17.0 Å². The third-order valence-corrected chi connectivity index (χ3v) is 9.01. The second-order valence-electron chi connectivity index (χ2n) is 11.2. The van der Waals surface area contributed by atoms with Gasteiger partial charge in [-0.2, -0.15) is 0 Å². The molecule has 0 unspecified atom stereocenters. The van der Waals surface area contributed by atoms with Crippen LogP contribution >= 0.6 is 0 Å². The standard InChI is InChI=1S/C27H38O2/c1-17(2)7-6-8-18(3)21-9-10-22-20-16-25(29)24-15-19(28)11-13-27(24,5)23(20)12-14-26(21,22)4/h6,8,15-18,21-23H,7,9-14H2,1-5H3/b8-6+/t18-,21-,22-,23-,26-,27-/m1/s1. The molecule has 0 spiro atoms. The molecule has 0 bridgehead atoms. The van der Waals surface area contributed by atoms with Gasteiger partial charge in [0.15, 0.2) is 11.6 Å². The number of rotatable bonds is 4. The number of carbonyl (C=O) groups is 2. The highest BCUT2D eigenvalue weighted by Crippen LogP contribution is 2.65. The Balaban J connectivity index is 1.62. The van der Waals surface area contributed by atoms with Crippen LogP contribution in [0.25, 0.3) is 0 Å². The van der Waals surface area contributed by atoms with Crippen LogP contribution in [0, 0.1) is 40.4 Å². The fourth-order valence-electron chi connectivity index (χ4n) is 7.35. The van der Waals surface area contributed by atoms with Crippen molar-refractivity contribution in [1.82, 2.24) is 0 Å². The van der Waals surface area contributed by atoms with E-state index in [0.717, 1.165) is 24.8 Å². The van der Waals surface area contributed by atoms with Crippen molar-refractivity contribution in [2.75, 3.05) is 0 Å². The quantitative estimate of drug-likeness (QED) is 0.512. The maximum absolute atomic E-state index is 13.0. The monoisotopic (exact) mass is 394 g/mol. The van der Waals surface area contributed by atoms with E-state index in [4.69, 9.17) is 0 Å². The Hall–Kier alpha value is -1.44. The Kier molecular flexibility index (Phi) is 5.28. The number of hydrogen-bond acceptors (Lipinski definition) is 2. The first-order valence-corrected chi connectivity index (χ1v) is 11.8. The number of fused-ring (bicyclic) bond motifs is 5. The molecule has 2 saturated carbocycles. The van der Waals surface area contributed by atoms with E-state index >= 15 is 0 Å². The lowest BCUT2D eigenvalue weighted by molar-refractivity contribution is -0.119. The van der Waals surface area contributed by atoms with E-state index in [2.05, 4.69) is 46.8 Å². The maximum atomic E-state index is 13.0. The largest absolute Gasteiger partial charge is 0.295 e. The van der Waals surface area contributed by atoms with Gasteiger partial charge < -0.3 is 0 Å². The van der Waals surface area contributed by atoms with E-state index in [9.17, 15) is 9.59 Å². The first-order chi connectivity index (χ1) is 13.7. The molecule has 0 saturated heterocycles. The van der Waals surface area contributed by atoms with Crippen molar-refractivity contribution < 1.29 is 9.59 Å². The van der Waals surface area contributed by atoms with Crippen molar-refractivity contribution in [1.29, 1.82) is 0 Å². The molecule has 0 aromatic heterocycles. The maximum Gasteiger partial charge on any atom is 0.182 e. The van der Waals surface area contributed by atoms with Gasteiger partial charge in [-0.05, 0) is 85.7 Å². The summed E-state index contributed by atoms with van der Waals surface area (Å²) in [6.45, 7) is 11.7. The molecule has 2 nitrogen and oxygen atoms in total. The number of allylic oxidation sites excluding steroid dienone is 6. The Morgan fingerprint density at radius 3 is 2.52 bits per heavy atom. The first-order valence-electron chi connectivity index (χ1n) is 11.8. The van der Waals surface area contributed by atoms with Crippen LogP contribution in [0.4, 0.5) is 0 Å². The Morgan fingerprint density at radius 2 is 1.79 bits per heavy atom. The summed E-state index contributed by atoms with van der Waals surface area (Å²) in [6.07, 6.45) is 16.0. The molecule has 6 atom stereocenters. The minimum atomic E-state index is -0.128. The molecule has 0 aromatic rings. The van der Waals surface area contributed by atoms with Crippen molar-refractivity contribution in [2.24, 2.45) is 40.4 Å². The van der Waals surface area contributed by atoms with Crippen molar-refractivity contribution in [2.45, 2.75) is 79.6 Å². The molecule has 4 rings (SSSR count). The molecular formula is C27H38O2. The van der Waals surface area contributed by atoms with Crippen LogP contribution in [-0.4, -0.2) is 11.6 Å². The van der Waals surface area contributed by atoms with E-state index < -0.39 is 0 Å². The summed E-state index contributed by atoms with van der Waals surface area (Å²) in [6, 6.07) is 0. The molecule has 2 fully saturated rings. The fourth-order valence-corrected chi connectivity index (χ4v) is 7.35. The van der Waals surface area contributed by atoms with E-state index in [1.54, 1.807) is 6.08 Å². The Morgan fingerprint density at radius 1 is 1.03 bits per heavy atom. The van der Waals surface area contributed by atoms with Gasteiger partial charge in [-0.25, -0.2) is 0 Å². The van der Waals surface area contributed by atoms with Crippen LogP contribution in [0.1, 0.15) is 79.6 Å². The Bertz CT molecular complexity index is 797. The molecule has 2 heteroatoms. The van der Waals surface area contributed by atoms with Crippen molar-refractivity contribution in [3.8, 4) is 0 Å². The summed E-state index contributed by atoms with van der Waals surface area (Å²) in [5.41, 5.74) is 2.40. The van der Waals surface area contributed by atoms with Gasteiger partial charge in [0.2, 0.25) is 0 Å². The molecule has 0 N–H and O–H groups in total. The van der Waals surface area contributed by atoms with E-state index in [1.807, 2.05) is 6.08 Å². The first kappa shape index (κ1) is 20.8. The molecule has 0 radical (unpaired) electrons. The number of carbonyl (C=O) groups excluding carboxylic acids is 2. The minimum absolute atomic E-state index is 0.115. The average Bonchev–Trinajstić information content (AvgIpc) is 3.00. The molecule has 29 heavy (non-hydrogen) atoms. The Labute approximate surface area is 176 Å². The van der Waals surface area contributed by atoms with Gasteiger partial charge in [0.05, 0.1) is 0 Å². The summed E-state index contributed by atoms with van der Waals surface area (Å²) < 4.78 is 0. The minimum Gasteiger partial charge on any atom is -0.295 e. The highest BCUT2D eigenvalue weighted by Gasteiger charge is 2.58. The lowest BCUT2D eigenvalue weighted by atomic mass is 9.49. The molecule has 0 aliphatic heterocycles. The van der Waals surface area contributed by atoms with Crippen molar-refractivity contribution in [3.63, 3.8) is 0 Å². The topological polar surface area (TPSA) is 34.1 Å². The van der Waals surface area contributed by atoms with Crippen molar-refractivity contribution in [3.05, 3.63) is 35.5 Å². The molecular weight excluding hydrogens is 356 g/mol. The number of ketones is 2. The van der Waals surface area contributed by atoms with E-state index in [1.165, 1.54) is 24.8 Å². The van der Waals surface area contributed by atoms with Crippen LogP contribution < -0.4 is 0 Å². The average molecular weight is 395 g/mol. The third kappa shape index (κ3) is 3.31. The predicted molar refractivity (Wildman–Crippen MR) is 118 cm³/mol. The predicted octanol–water partition coefficient (Wildman–Crippen LogP) is 6.47. The number of hydrogen-bond donors (Lipinski definition) is 0. The fraction of sp³-hybridized carbons (Fsp3) is 0.704. The molecule has 0 aromatic carbocycles. The van der Waals surface area contributed by atoms with Gasteiger partial charge >= 0.3 is 0 Å². The summed E-state index contributed by atoms with van der Waals surface area (Å²) in [4.78, 5) is 25.0. The normalized spacial score (nSPS) is 40.4. The van der Waals surface area contributed by atoms with Gasteiger partial charge in [0.25, 0.3) is 0 Å². The highest BCUT2D eigenvalue weighted by atomic mass is 16.1. The summed E-state index contributed by atoms with van der Waals surface area (Å²) in [7, 11) is 0. The SMILES string of the molecule is CC(C)C/C=C/[C@@H](C)[C@H]1CC[C@@H]2C3=CC(=O)C4=CC(=O)CC[C@]4(C)[C@@H]3CC[C@@]21C. The van der Waals surface area contributed by atoms with Crippen LogP contribution in [0.2, 0.25) is 0 Å². The molecule has 4 aliphatic rings. The lowest BCUT2D eigenvalue weighted by Gasteiger charge is -2.54. The zero-order chi connectivity index (χ0) is 21.0. The van der Waals surface area contributed by atoms with Gasteiger partial charge in [-0.15, -0.1) is 0 Å². The summed E-state index contributed by atoms with van der Waals surface area (Å²) >= 11 is 0. The molecule has 0 amide bonds. The van der Waals surface area contributed by atoms with Crippen LogP contribution in [-0.2, 0) is 9.59 Å². The zero-order valence-electron chi connectivity index (χ0n) is 19.0. The van der Waals surface area contributed by atoms with Crippen LogP contribution in [0.3, 0.4) is 0 Å². The second kappa shape index (κ2) is 7.36. The zero-order valence-corrected chi connectivity index (χ0v) is 19.0. The summed E-state index contributed by atoms with van der Waals surface area (Å²) in [5, 5.41) is 0. The third-order valence-electron chi connectivity index (χ3n) is 9.01.